The van der Waals surface area contributed by atoms with E-state index in [4.69, 9.17) is 9.84 Å². The summed E-state index contributed by atoms with van der Waals surface area (Å²) >= 11 is 0. The zero-order valence-electron chi connectivity index (χ0n) is 11.6. The summed E-state index contributed by atoms with van der Waals surface area (Å²) in [6.45, 7) is 3.73. The number of ether oxygens (including phenoxy) is 1. The minimum Gasteiger partial charge on any atom is -0.478 e. The largest absolute Gasteiger partial charge is 0.478 e. The highest BCUT2D eigenvalue weighted by molar-refractivity contribution is 5.91. The highest BCUT2D eigenvalue weighted by atomic mass is 16.6. The Morgan fingerprint density at radius 2 is 2.10 bits per heavy atom. The van der Waals surface area contributed by atoms with Crippen LogP contribution >= 0.6 is 0 Å². The van der Waals surface area contributed by atoms with Crippen molar-refractivity contribution in [1.82, 2.24) is 0 Å². The van der Waals surface area contributed by atoms with Gasteiger partial charge in [-0.05, 0) is 24.6 Å². The van der Waals surface area contributed by atoms with Crippen LogP contribution in [0.1, 0.15) is 12.5 Å². The second-order valence-electron chi connectivity index (χ2n) is 4.74. The van der Waals surface area contributed by atoms with Crippen LogP contribution in [0, 0.1) is 10.1 Å². The number of hydrogen-bond donors (Lipinski definition) is 1. The molecule has 1 aromatic rings. The lowest BCUT2D eigenvalue weighted by atomic mass is 10.1. The Kier molecular flexibility index (Phi) is 4.54. The van der Waals surface area contributed by atoms with E-state index in [0.717, 1.165) is 0 Å². The number of hydrogen-bond acceptors (Lipinski definition) is 5. The van der Waals surface area contributed by atoms with Gasteiger partial charge in [0.25, 0.3) is 5.69 Å². The van der Waals surface area contributed by atoms with Crippen LogP contribution in [0.15, 0.2) is 23.8 Å². The van der Waals surface area contributed by atoms with Gasteiger partial charge in [-0.2, -0.15) is 0 Å². The topological polar surface area (TPSA) is 92.9 Å². The molecule has 1 heterocycles. The molecule has 1 fully saturated rings. The van der Waals surface area contributed by atoms with Crippen molar-refractivity contribution >= 4 is 23.4 Å². The van der Waals surface area contributed by atoms with Gasteiger partial charge in [0.2, 0.25) is 0 Å². The van der Waals surface area contributed by atoms with E-state index in [1.165, 1.54) is 19.1 Å². The molecule has 1 aromatic carbocycles. The number of nitrogens with zero attached hydrogens (tertiary/aromatic N) is 2. The highest BCUT2D eigenvalue weighted by Crippen LogP contribution is 2.30. The van der Waals surface area contributed by atoms with Gasteiger partial charge in [-0.15, -0.1) is 0 Å². The molecule has 0 spiro atoms. The maximum Gasteiger partial charge on any atom is 0.331 e. The molecule has 112 valence electrons. The van der Waals surface area contributed by atoms with E-state index in [0.29, 0.717) is 37.6 Å². The van der Waals surface area contributed by atoms with Gasteiger partial charge in [-0.1, -0.05) is 6.07 Å². The van der Waals surface area contributed by atoms with Crippen LogP contribution in [-0.2, 0) is 9.53 Å². The van der Waals surface area contributed by atoms with Crippen molar-refractivity contribution in [3.63, 3.8) is 0 Å². The van der Waals surface area contributed by atoms with Crippen LogP contribution in [0.3, 0.4) is 0 Å². The Balaban J connectivity index is 2.37. The van der Waals surface area contributed by atoms with E-state index in [1.807, 2.05) is 4.90 Å². The van der Waals surface area contributed by atoms with Crippen LogP contribution in [0.25, 0.3) is 6.08 Å². The number of benzene rings is 1. The molecule has 21 heavy (non-hydrogen) atoms. The highest BCUT2D eigenvalue weighted by Gasteiger charge is 2.21. The fraction of sp³-hybridized carbons (Fsp3) is 0.357. The van der Waals surface area contributed by atoms with Gasteiger partial charge in [0.15, 0.2) is 0 Å². The zero-order chi connectivity index (χ0) is 15.4. The summed E-state index contributed by atoms with van der Waals surface area (Å²) in [5.41, 5.74) is 1.14. The maximum absolute atomic E-state index is 11.2. The second kappa shape index (κ2) is 6.36. The lowest BCUT2D eigenvalue weighted by Gasteiger charge is -2.28. The van der Waals surface area contributed by atoms with Crippen LogP contribution in [-0.4, -0.2) is 42.3 Å². The molecule has 0 aromatic heterocycles. The molecule has 7 nitrogen and oxygen atoms in total. The van der Waals surface area contributed by atoms with E-state index in [2.05, 4.69) is 0 Å². The van der Waals surface area contributed by atoms with E-state index < -0.39 is 10.9 Å². The fourth-order valence-corrected chi connectivity index (χ4v) is 2.16. The summed E-state index contributed by atoms with van der Waals surface area (Å²) in [4.78, 5) is 23.5. The smallest absolute Gasteiger partial charge is 0.331 e. The van der Waals surface area contributed by atoms with Gasteiger partial charge in [-0.25, -0.2) is 4.79 Å². The minimum atomic E-state index is -1.05. The van der Waals surface area contributed by atoms with Crippen LogP contribution < -0.4 is 4.90 Å². The van der Waals surface area contributed by atoms with Crippen molar-refractivity contribution < 1.29 is 19.6 Å². The number of nitro groups is 1. The molecule has 1 N–H and O–H groups in total. The first-order valence-electron chi connectivity index (χ1n) is 6.52. The van der Waals surface area contributed by atoms with Crippen molar-refractivity contribution in [3.8, 4) is 0 Å². The molecule has 0 radical (unpaired) electrons. The van der Waals surface area contributed by atoms with Crippen LogP contribution in [0.5, 0.6) is 0 Å². The number of morpholine rings is 1. The Labute approximate surface area is 121 Å². The number of nitro benzene ring substituents is 1. The van der Waals surface area contributed by atoms with E-state index >= 15 is 0 Å². The summed E-state index contributed by atoms with van der Waals surface area (Å²) in [5.74, 6) is -1.05. The number of carbonyl (C=O) groups is 1. The van der Waals surface area contributed by atoms with Crippen molar-refractivity contribution in [2.45, 2.75) is 6.92 Å². The monoisotopic (exact) mass is 292 g/mol. The molecule has 2 rings (SSSR count). The van der Waals surface area contributed by atoms with Crippen molar-refractivity contribution in [2.24, 2.45) is 0 Å². The first-order chi connectivity index (χ1) is 9.99. The van der Waals surface area contributed by atoms with Gasteiger partial charge < -0.3 is 14.7 Å². The van der Waals surface area contributed by atoms with Gasteiger partial charge in [-0.3, -0.25) is 10.1 Å². The third kappa shape index (κ3) is 3.57. The number of aliphatic carboxylic acids is 1. The lowest BCUT2D eigenvalue weighted by Crippen LogP contribution is -2.36. The maximum atomic E-state index is 11.2. The molecule has 0 unspecified atom stereocenters. The molecule has 1 aliphatic rings. The molecule has 1 saturated heterocycles. The molecule has 7 heteroatoms. The summed E-state index contributed by atoms with van der Waals surface area (Å²) in [7, 11) is 0. The zero-order valence-corrected chi connectivity index (χ0v) is 11.6. The fourth-order valence-electron chi connectivity index (χ4n) is 2.16. The Hall–Kier alpha value is -2.41. The predicted molar refractivity (Wildman–Crippen MR) is 77.4 cm³/mol. The number of rotatable bonds is 4. The standard InChI is InChI=1S/C14H16N2O5/c1-10(14(17)18)8-11-2-3-12(13(9-11)16(19)20)15-4-6-21-7-5-15/h2-3,8-9H,4-7H2,1H3,(H,17,18)/b10-8+. The van der Waals surface area contributed by atoms with Crippen molar-refractivity contribution in [1.29, 1.82) is 0 Å². The average molecular weight is 292 g/mol. The molecule has 0 amide bonds. The Morgan fingerprint density at radius 1 is 1.43 bits per heavy atom. The third-order valence-corrected chi connectivity index (χ3v) is 3.27. The molecule has 0 bridgehead atoms. The van der Waals surface area contributed by atoms with Crippen LogP contribution in [0.2, 0.25) is 0 Å². The second-order valence-corrected chi connectivity index (χ2v) is 4.74. The van der Waals surface area contributed by atoms with Crippen molar-refractivity contribution in [3.05, 3.63) is 39.4 Å². The number of anilines is 1. The summed E-state index contributed by atoms with van der Waals surface area (Å²) in [5, 5.41) is 20.1. The normalized spacial score (nSPS) is 15.9. The summed E-state index contributed by atoms with van der Waals surface area (Å²) in [6, 6.07) is 4.74. The molecular weight excluding hydrogens is 276 g/mol. The molecule has 1 aliphatic heterocycles. The number of carboxylic acid groups (broad SMARTS) is 1. The molecule has 0 atom stereocenters. The Bertz CT molecular complexity index is 591. The van der Waals surface area contributed by atoms with Gasteiger partial charge in [0, 0.05) is 24.7 Å². The molecule has 0 aliphatic carbocycles. The quantitative estimate of drug-likeness (QED) is 0.517. The van der Waals surface area contributed by atoms with Crippen molar-refractivity contribution in [2.75, 3.05) is 31.2 Å². The summed E-state index contributed by atoms with van der Waals surface area (Å²) < 4.78 is 5.24. The van der Waals surface area contributed by atoms with Gasteiger partial charge >= 0.3 is 5.97 Å². The number of carboxylic acids is 1. The minimum absolute atomic E-state index is 0.0242. The Morgan fingerprint density at radius 3 is 2.67 bits per heavy atom. The SMILES string of the molecule is C/C(=C\c1ccc(N2CCOCC2)c([N+](=O)[O-])c1)C(=O)O. The van der Waals surface area contributed by atoms with E-state index in [9.17, 15) is 14.9 Å². The average Bonchev–Trinajstić information content (AvgIpc) is 2.47. The molecule has 0 saturated carbocycles. The predicted octanol–water partition coefficient (Wildman–Crippen LogP) is 1.92. The van der Waals surface area contributed by atoms with Gasteiger partial charge in [0.1, 0.15) is 5.69 Å². The molecular formula is C14H16N2O5. The lowest BCUT2D eigenvalue weighted by molar-refractivity contribution is -0.384. The summed E-state index contributed by atoms with van der Waals surface area (Å²) in [6.07, 6.45) is 1.42. The van der Waals surface area contributed by atoms with E-state index in [1.54, 1.807) is 12.1 Å². The van der Waals surface area contributed by atoms with E-state index in [-0.39, 0.29) is 11.3 Å². The van der Waals surface area contributed by atoms with Crippen LogP contribution in [0.4, 0.5) is 11.4 Å². The third-order valence-electron chi connectivity index (χ3n) is 3.27. The first-order valence-corrected chi connectivity index (χ1v) is 6.52. The van der Waals surface area contributed by atoms with Gasteiger partial charge in [0.05, 0.1) is 18.1 Å². The first kappa shape index (κ1) is 15.0.